The van der Waals surface area contributed by atoms with Crippen LogP contribution in [0.15, 0.2) is 114 Å². The molecule has 2 heterocycles. The van der Waals surface area contributed by atoms with Crippen LogP contribution in [0, 0.1) is 0 Å². The number of hydrogen-bond acceptors (Lipinski definition) is 5. The van der Waals surface area contributed by atoms with Gasteiger partial charge in [0.15, 0.2) is 5.11 Å². The maximum Gasteiger partial charge on any atom is 0.256 e. The molecule has 7 nitrogen and oxygen atoms in total. The van der Waals surface area contributed by atoms with E-state index in [4.69, 9.17) is 16.6 Å². The Morgan fingerprint density at radius 3 is 2.05 bits per heavy atom. The molecule has 2 N–H and O–H groups in total. The van der Waals surface area contributed by atoms with E-state index in [0.717, 1.165) is 13.1 Å². The number of nitrogens with zero attached hydrogens (tertiary/aromatic N) is 2. The molecule has 8 heteroatoms. The summed E-state index contributed by atoms with van der Waals surface area (Å²) in [4.78, 5) is 30.1. The summed E-state index contributed by atoms with van der Waals surface area (Å²) in [5, 5.41) is 5.72. The predicted molar refractivity (Wildman–Crippen MR) is 161 cm³/mol. The van der Waals surface area contributed by atoms with Crippen molar-refractivity contribution in [1.82, 2.24) is 15.1 Å². The highest BCUT2D eigenvalue weighted by atomic mass is 32.1. The summed E-state index contributed by atoms with van der Waals surface area (Å²) in [5.74, 6) is 0.0784. The van der Waals surface area contributed by atoms with E-state index in [9.17, 15) is 9.59 Å². The van der Waals surface area contributed by atoms with Crippen LogP contribution in [0.4, 0.5) is 5.69 Å². The normalized spacial score (nSPS) is 13.9. The monoisotopic (exact) mass is 550 g/mol. The summed E-state index contributed by atoms with van der Waals surface area (Å²) in [5.41, 5.74) is 3.51. The number of amides is 2. The van der Waals surface area contributed by atoms with Crippen LogP contribution in [0.2, 0.25) is 0 Å². The second-order valence-corrected chi connectivity index (χ2v) is 9.80. The molecule has 3 aromatic carbocycles. The average Bonchev–Trinajstić information content (AvgIpc) is 3.52. The number of piperazine rings is 1. The highest BCUT2D eigenvalue weighted by Gasteiger charge is 2.29. The second kappa shape index (κ2) is 13.0. The number of anilines is 1. The fourth-order valence-electron chi connectivity index (χ4n) is 4.87. The Labute approximate surface area is 239 Å². The van der Waals surface area contributed by atoms with Gasteiger partial charge in [0.2, 0.25) is 5.91 Å². The van der Waals surface area contributed by atoms with Gasteiger partial charge in [-0.1, -0.05) is 72.8 Å². The third-order valence-corrected chi connectivity index (χ3v) is 6.99. The van der Waals surface area contributed by atoms with Gasteiger partial charge < -0.3 is 14.6 Å². The SMILES string of the molecule is O=C(/C=C/c1ccco1)NC(=S)Nc1ccccc1C(=O)N1CCN(C(c2ccccc2)c2ccccc2)CC1. The quantitative estimate of drug-likeness (QED) is 0.239. The fraction of sp³-hybridized carbons (Fsp3) is 0.156. The van der Waals surface area contributed by atoms with E-state index in [0.29, 0.717) is 30.1 Å². The Bertz CT molecular complexity index is 1430. The van der Waals surface area contributed by atoms with Crippen molar-refractivity contribution in [3.05, 3.63) is 132 Å². The summed E-state index contributed by atoms with van der Waals surface area (Å²) < 4.78 is 5.19. The van der Waals surface area contributed by atoms with Gasteiger partial charge in [-0.3, -0.25) is 19.8 Å². The van der Waals surface area contributed by atoms with Gasteiger partial charge in [-0.05, 0) is 53.7 Å². The third kappa shape index (κ3) is 6.72. The van der Waals surface area contributed by atoms with Gasteiger partial charge in [0.05, 0.1) is 23.6 Å². The van der Waals surface area contributed by atoms with Crippen molar-refractivity contribution < 1.29 is 14.0 Å². The molecule has 0 saturated carbocycles. The van der Waals surface area contributed by atoms with E-state index in [2.05, 4.69) is 64.1 Å². The van der Waals surface area contributed by atoms with Crippen molar-refractivity contribution >= 4 is 40.9 Å². The molecule has 0 bridgehead atoms. The molecule has 1 aromatic heterocycles. The highest BCUT2D eigenvalue weighted by molar-refractivity contribution is 7.80. The largest absolute Gasteiger partial charge is 0.465 e. The Kier molecular flexibility index (Phi) is 8.80. The number of rotatable bonds is 7. The molecule has 0 unspecified atom stereocenters. The molecule has 1 aliphatic heterocycles. The van der Waals surface area contributed by atoms with E-state index in [1.54, 1.807) is 30.3 Å². The number of nitrogens with one attached hydrogen (secondary N) is 2. The lowest BCUT2D eigenvalue weighted by atomic mass is 9.96. The molecule has 2 amide bonds. The zero-order valence-electron chi connectivity index (χ0n) is 21.9. The lowest BCUT2D eigenvalue weighted by Gasteiger charge is -2.40. The van der Waals surface area contributed by atoms with E-state index < -0.39 is 5.91 Å². The van der Waals surface area contributed by atoms with Crippen molar-refractivity contribution in [2.24, 2.45) is 0 Å². The lowest BCUT2D eigenvalue weighted by molar-refractivity contribution is -0.115. The average molecular weight is 551 g/mol. The van der Waals surface area contributed by atoms with Crippen LogP contribution in [-0.4, -0.2) is 52.9 Å². The minimum absolute atomic E-state index is 0.0782. The summed E-state index contributed by atoms with van der Waals surface area (Å²) in [6, 6.07) is 31.8. The maximum atomic E-state index is 13.6. The Balaban J connectivity index is 1.23. The van der Waals surface area contributed by atoms with Crippen molar-refractivity contribution in [3.63, 3.8) is 0 Å². The first kappa shape index (κ1) is 27.1. The molecule has 0 aliphatic carbocycles. The minimum atomic E-state index is -0.403. The van der Waals surface area contributed by atoms with Crippen molar-refractivity contribution in [2.45, 2.75) is 6.04 Å². The molecule has 1 aliphatic rings. The smallest absolute Gasteiger partial charge is 0.256 e. The Hall–Kier alpha value is -4.53. The molecule has 0 atom stereocenters. The van der Waals surface area contributed by atoms with Gasteiger partial charge in [0.25, 0.3) is 5.91 Å². The molecular formula is C32H30N4O3S. The fourth-order valence-corrected chi connectivity index (χ4v) is 5.08. The van der Waals surface area contributed by atoms with Gasteiger partial charge in [-0.15, -0.1) is 0 Å². The van der Waals surface area contributed by atoms with Gasteiger partial charge in [0, 0.05) is 32.3 Å². The Morgan fingerprint density at radius 1 is 0.800 bits per heavy atom. The van der Waals surface area contributed by atoms with E-state index in [1.807, 2.05) is 29.2 Å². The molecule has 4 aromatic rings. The highest BCUT2D eigenvalue weighted by Crippen LogP contribution is 2.30. The van der Waals surface area contributed by atoms with E-state index in [-0.39, 0.29) is 17.1 Å². The first-order valence-corrected chi connectivity index (χ1v) is 13.5. The number of benzene rings is 3. The molecule has 1 saturated heterocycles. The van der Waals surface area contributed by atoms with Gasteiger partial charge in [0.1, 0.15) is 5.76 Å². The molecule has 0 spiro atoms. The lowest BCUT2D eigenvalue weighted by Crippen LogP contribution is -2.50. The first-order valence-electron chi connectivity index (χ1n) is 13.1. The molecule has 0 radical (unpaired) electrons. The van der Waals surface area contributed by atoms with Gasteiger partial charge >= 0.3 is 0 Å². The van der Waals surface area contributed by atoms with Crippen LogP contribution in [0.1, 0.15) is 33.3 Å². The number of thiocarbonyl (C=S) groups is 1. The number of hydrogen-bond donors (Lipinski definition) is 2. The van der Waals surface area contributed by atoms with Crippen molar-refractivity contribution in [2.75, 3.05) is 31.5 Å². The molecule has 40 heavy (non-hydrogen) atoms. The topological polar surface area (TPSA) is 77.8 Å². The maximum absolute atomic E-state index is 13.6. The van der Waals surface area contributed by atoms with Crippen LogP contribution >= 0.6 is 12.2 Å². The zero-order chi connectivity index (χ0) is 27.7. The number of para-hydroxylation sites is 1. The van der Waals surface area contributed by atoms with Gasteiger partial charge in [-0.25, -0.2) is 0 Å². The minimum Gasteiger partial charge on any atom is -0.465 e. The number of carbonyl (C=O) groups is 2. The van der Waals surface area contributed by atoms with E-state index >= 15 is 0 Å². The summed E-state index contributed by atoms with van der Waals surface area (Å²) in [7, 11) is 0. The van der Waals surface area contributed by atoms with E-state index in [1.165, 1.54) is 23.5 Å². The van der Waals surface area contributed by atoms with Crippen molar-refractivity contribution in [1.29, 1.82) is 0 Å². The third-order valence-electron chi connectivity index (χ3n) is 6.78. The summed E-state index contributed by atoms with van der Waals surface area (Å²) >= 11 is 5.33. The second-order valence-electron chi connectivity index (χ2n) is 9.39. The first-order chi connectivity index (χ1) is 19.6. The molecular weight excluding hydrogens is 520 g/mol. The number of furan rings is 1. The summed E-state index contributed by atoms with van der Waals surface area (Å²) in [6.07, 6.45) is 4.42. The predicted octanol–water partition coefficient (Wildman–Crippen LogP) is 5.35. The van der Waals surface area contributed by atoms with Crippen LogP contribution in [0.3, 0.4) is 0 Å². The molecule has 202 valence electrons. The van der Waals surface area contributed by atoms with Crippen LogP contribution in [-0.2, 0) is 4.79 Å². The Morgan fingerprint density at radius 2 is 1.43 bits per heavy atom. The standard InChI is InChI=1S/C32H30N4O3S/c37-29(18-17-26-14-9-23-39-26)34-32(40)33-28-16-8-7-15-27(28)31(38)36-21-19-35(20-22-36)30(24-10-3-1-4-11-24)25-12-5-2-6-13-25/h1-18,23,30H,19-22H2,(H2,33,34,37,40)/b18-17+. The molecule has 1 fully saturated rings. The molecule has 5 rings (SSSR count). The van der Waals surface area contributed by atoms with Crippen LogP contribution < -0.4 is 10.6 Å². The summed E-state index contributed by atoms with van der Waals surface area (Å²) in [6.45, 7) is 2.68. The number of carbonyl (C=O) groups excluding carboxylic acids is 2. The van der Waals surface area contributed by atoms with Crippen LogP contribution in [0.5, 0.6) is 0 Å². The van der Waals surface area contributed by atoms with Crippen LogP contribution in [0.25, 0.3) is 6.08 Å². The van der Waals surface area contributed by atoms with Crippen molar-refractivity contribution in [3.8, 4) is 0 Å². The zero-order valence-corrected chi connectivity index (χ0v) is 22.7. The van der Waals surface area contributed by atoms with Gasteiger partial charge in [-0.2, -0.15) is 0 Å².